The normalized spacial score (nSPS) is 15.3. The van der Waals surface area contributed by atoms with Crippen LogP contribution in [-0.2, 0) is 27.8 Å². The van der Waals surface area contributed by atoms with Crippen LogP contribution in [0.15, 0.2) is 59.5 Å². The van der Waals surface area contributed by atoms with E-state index in [-0.39, 0.29) is 17.3 Å². The minimum atomic E-state index is -3.55. The summed E-state index contributed by atoms with van der Waals surface area (Å²) in [7, 11) is -3.55. The molecule has 3 rings (SSSR count). The van der Waals surface area contributed by atoms with Crippen molar-refractivity contribution in [1.82, 2.24) is 10.0 Å². The molecule has 0 atom stereocenters. The Morgan fingerprint density at radius 2 is 1.57 bits per heavy atom. The van der Waals surface area contributed by atoms with Gasteiger partial charge in [0.2, 0.25) is 15.9 Å². The zero-order valence-electron chi connectivity index (χ0n) is 16.1. The summed E-state index contributed by atoms with van der Waals surface area (Å²) < 4.78 is 27.5. The summed E-state index contributed by atoms with van der Waals surface area (Å²) in [5.41, 5.74) is 1.87. The quantitative estimate of drug-likeness (QED) is 0.712. The van der Waals surface area contributed by atoms with Gasteiger partial charge in [-0.25, -0.2) is 13.1 Å². The molecule has 0 bridgehead atoms. The number of nitrogens with one attached hydrogen (secondary N) is 2. The van der Waals surface area contributed by atoms with Gasteiger partial charge >= 0.3 is 0 Å². The van der Waals surface area contributed by atoms with Crippen molar-refractivity contribution in [2.45, 2.75) is 62.4 Å². The van der Waals surface area contributed by atoms with Gasteiger partial charge < -0.3 is 5.32 Å². The third-order valence-corrected chi connectivity index (χ3v) is 6.57. The SMILES string of the molecule is O=C(CCc1ccc(S(=O)(=O)NCc2ccccc2)cc1)NC1CCCCC1. The smallest absolute Gasteiger partial charge is 0.240 e. The molecule has 6 heteroatoms. The molecule has 0 spiro atoms. The van der Waals surface area contributed by atoms with Crippen LogP contribution >= 0.6 is 0 Å². The Morgan fingerprint density at radius 1 is 0.893 bits per heavy atom. The summed E-state index contributed by atoms with van der Waals surface area (Å²) in [4.78, 5) is 12.3. The first-order valence-corrected chi connectivity index (χ1v) is 11.4. The molecule has 0 radical (unpaired) electrons. The summed E-state index contributed by atoms with van der Waals surface area (Å²) in [6, 6.07) is 16.5. The molecule has 150 valence electrons. The van der Waals surface area contributed by atoms with Gasteiger partial charge in [-0.05, 0) is 42.5 Å². The molecule has 0 unspecified atom stereocenters. The molecule has 0 aliphatic heterocycles. The first kappa shape index (κ1) is 20.6. The standard InChI is InChI=1S/C22H28N2O3S/c25-22(24-20-9-5-2-6-10-20)16-13-18-11-14-21(15-12-18)28(26,27)23-17-19-7-3-1-4-8-19/h1,3-4,7-8,11-12,14-15,20,23H,2,5-6,9-10,13,16-17H2,(H,24,25). The largest absolute Gasteiger partial charge is 0.353 e. The van der Waals surface area contributed by atoms with Gasteiger partial charge in [0.1, 0.15) is 0 Å². The van der Waals surface area contributed by atoms with E-state index in [1.54, 1.807) is 24.3 Å². The van der Waals surface area contributed by atoms with Crippen LogP contribution < -0.4 is 10.0 Å². The molecule has 2 aromatic carbocycles. The third-order valence-electron chi connectivity index (χ3n) is 5.15. The van der Waals surface area contributed by atoms with Crippen molar-refractivity contribution in [3.05, 3.63) is 65.7 Å². The topological polar surface area (TPSA) is 75.3 Å². The van der Waals surface area contributed by atoms with E-state index in [2.05, 4.69) is 10.0 Å². The van der Waals surface area contributed by atoms with Crippen LogP contribution in [0.5, 0.6) is 0 Å². The second-order valence-corrected chi connectivity index (χ2v) is 9.12. The second-order valence-electron chi connectivity index (χ2n) is 7.36. The Hall–Kier alpha value is -2.18. The third kappa shape index (κ3) is 6.17. The van der Waals surface area contributed by atoms with Crippen LogP contribution in [0.2, 0.25) is 0 Å². The highest BCUT2D eigenvalue weighted by Gasteiger charge is 2.16. The lowest BCUT2D eigenvalue weighted by atomic mass is 9.95. The fourth-order valence-electron chi connectivity index (χ4n) is 3.50. The number of hydrogen-bond donors (Lipinski definition) is 2. The fourth-order valence-corrected chi connectivity index (χ4v) is 4.52. The Balaban J connectivity index is 1.48. The Bertz CT molecular complexity index is 858. The van der Waals surface area contributed by atoms with E-state index in [1.165, 1.54) is 19.3 Å². The van der Waals surface area contributed by atoms with E-state index in [9.17, 15) is 13.2 Å². The molecule has 1 fully saturated rings. The molecule has 28 heavy (non-hydrogen) atoms. The number of hydrogen-bond acceptors (Lipinski definition) is 3. The number of sulfonamides is 1. The molecule has 2 N–H and O–H groups in total. The molecular weight excluding hydrogens is 372 g/mol. The number of carbonyl (C=O) groups is 1. The van der Waals surface area contributed by atoms with Crippen molar-refractivity contribution in [2.24, 2.45) is 0 Å². The molecule has 0 heterocycles. The highest BCUT2D eigenvalue weighted by Crippen LogP contribution is 2.18. The second kappa shape index (κ2) is 9.85. The monoisotopic (exact) mass is 400 g/mol. The Labute approximate surface area is 167 Å². The maximum absolute atomic E-state index is 12.4. The summed E-state index contributed by atoms with van der Waals surface area (Å²) >= 11 is 0. The van der Waals surface area contributed by atoms with Crippen LogP contribution in [0.3, 0.4) is 0 Å². The van der Waals surface area contributed by atoms with Crippen LogP contribution in [0.25, 0.3) is 0 Å². The summed E-state index contributed by atoms with van der Waals surface area (Å²) in [6.45, 7) is 0.256. The van der Waals surface area contributed by atoms with Gasteiger partial charge in [0.15, 0.2) is 0 Å². The van der Waals surface area contributed by atoms with E-state index >= 15 is 0 Å². The highest BCUT2D eigenvalue weighted by molar-refractivity contribution is 7.89. The Morgan fingerprint density at radius 3 is 2.25 bits per heavy atom. The molecule has 1 aliphatic carbocycles. The van der Waals surface area contributed by atoms with Gasteiger partial charge in [-0.1, -0.05) is 61.7 Å². The van der Waals surface area contributed by atoms with Crippen molar-refractivity contribution in [3.8, 4) is 0 Å². The molecule has 2 aromatic rings. The number of aryl methyl sites for hydroxylation is 1. The van der Waals surface area contributed by atoms with E-state index in [0.717, 1.165) is 24.0 Å². The number of rotatable bonds is 8. The van der Waals surface area contributed by atoms with Crippen molar-refractivity contribution in [2.75, 3.05) is 0 Å². The van der Waals surface area contributed by atoms with E-state index in [0.29, 0.717) is 18.9 Å². The van der Waals surface area contributed by atoms with Crippen LogP contribution in [-0.4, -0.2) is 20.4 Å². The lowest BCUT2D eigenvalue weighted by Gasteiger charge is -2.22. The predicted octanol–water partition coefficient (Wildman–Crippen LogP) is 3.55. The average molecular weight is 401 g/mol. The zero-order chi connectivity index (χ0) is 19.8. The van der Waals surface area contributed by atoms with Crippen molar-refractivity contribution < 1.29 is 13.2 Å². The number of amides is 1. The molecule has 1 aliphatic rings. The fraction of sp³-hybridized carbons (Fsp3) is 0.409. The van der Waals surface area contributed by atoms with Crippen LogP contribution in [0.1, 0.15) is 49.7 Å². The first-order valence-electron chi connectivity index (χ1n) is 9.95. The van der Waals surface area contributed by atoms with Gasteiger partial charge in [-0.15, -0.1) is 0 Å². The van der Waals surface area contributed by atoms with Crippen molar-refractivity contribution in [1.29, 1.82) is 0 Å². The van der Waals surface area contributed by atoms with Crippen LogP contribution in [0, 0.1) is 0 Å². The zero-order valence-corrected chi connectivity index (χ0v) is 16.9. The summed E-state index contributed by atoms with van der Waals surface area (Å²) in [5, 5.41) is 3.11. The van der Waals surface area contributed by atoms with Crippen LogP contribution in [0.4, 0.5) is 0 Å². The van der Waals surface area contributed by atoms with Crippen molar-refractivity contribution in [3.63, 3.8) is 0 Å². The average Bonchev–Trinajstić information content (AvgIpc) is 2.73. The molecule has 1 saturated carbocycles. The molecule has 0 saturated heterocycles. The van der Waals surface area contributed by atoms with E-state index in [4.69, 9.17) is 0 Å². The van der Waals surface area contributed by atoms with E-state index < -0.39 is 10.0 Å². The number of benzene rings is 2. The highest BCUT2D eigenvalue weighted by atomic mass is 32.2. The molecule has 5 nitrogen and oxygen atoms in total. The van der Waals surface area contributed by atoms with Gasteiger partial charge in [0.25, 0.3) is 0 Å². The summed E-state index contributed by atoms with van der Waals surface area (Å²) in [6.07, 6.45) is 6.84. The Kier molecular flexibility index (Phi) is 7.23. The van der Waals surface area contributed by atoms with Gasteiger partial charge in [0.05, 0.1) is 4.90 Å². The van der Waals surface area contributed by atoms with Crippen molar-refractivity contribution >= 4 is 15.9 Å². The maximum atomic E-state index is 12.4. The van der Waals surface area contributed by atoms with E-state index in [1.807, 2.05) is 30.3 Å². The van der Waals surface area contributed by atoms with Gasteiger partial charge in [0, 0.05) is 19.0 Å². The predicted molar refractivity (Wildman–Crippen MR) is 110 cm³/mol. The molecule has 0 aromatic heterocycles. The molecule has 1 amide bonds. The first-order chi connectivity index (χ1) is 13.5. The number of carbonyl (C=O) groups excluding carboxylic acids is 1. The molecular formula is C22H28N2O3S. The maximum Gasteiger partial charge on any atom is 0.240 e. The lowest BCUT2D eigenvalue weighted by molar-refractivity contribution is -0.121. The summed E-state index contributed by atoms with van der Waals surface area (Å²) in [5.74, 6) is 0.0770. The van der Waals surface area contributed by atoms with Gasteiger partial charge in [-0.3, -0.25) is 4.79 Å². The lowest BCUT2D eigenvalue weighted by Crippen LogP contribution is -2.36. The minimum Gasteiger partial charge on any atom is -0.353 e. The minimum absolute atomic E-state index is 0.0770. The van der Waals surface area contributed by atoms with Gasteiger partial charge in [-0.2, -0.15) is 0 Å².